The SMILES string of the molecule is Nc1cc(=S)c(N)c(N)[nH]1. The van der Waals surface area contributed by atoms with Crippen molar-refractivity contribution >= 4 is 29.5 Å². The van der Waals surface area contributed by atoms with Crippen molar-refractivity contribution in [1.82, 2.24) is 4.98 Å². The van der Waals surface area contributed by atoms with E-state index in [1.165, 1.54) is 0 Å². The first kappa shape index (κ1) is 6.88. The minimum atomic E-state index is 0.324. The van der Waals surface area contributed by atoms with Crippen molar-refractivity contribution in [2.45, 2.75) is 0 Å². The van der Waals surface area contributed by atoms with Gasteiger partial charge in [0, 0.05) is 0 Å². The smallest absolute Gasteiger partial charge is 0.127 e. The Morgan fingerprint density at radius 1 is 1.30 bits per heavy atom. The van der Waals surface area contributed by atoms with Crippen LogP contribution in [0.25, 0.3) is 0 Å². The zero-order valence-corrected chi connectivity index (χ0v) is 6.03. The Morgan fingerprint density at radius 2 is 1.90 bits per heavy atom. The molecule has 0 aliphatic carbocycles. The Bertz CT molecular complexity index is 303. The minimum Gasteiger partial charge on any atom is -0.395 e. The summed E-state index contributed by atoms with van der Waals surface area (Å²) >= 11 is 4.82. The fraction of sp³-hybridized carbons (Fsp3) is 0. The molecule has 0 amide bonds. The Morgan fingerprint density at radius 3 is 2.40 bits per heavy atom. The lowest BCUT2D eigenvalue weighted by Gasteiger charge is -2.00. The maximum absolute atomic E-state index is 5.43. The molecular weight excluding hydrogens is 148 g/mol. The van der Waals surface area contributed by atoms with E-state index in [-0.39, 0.29) is 0 Å². The van der Waals surface area contributed by atoms with E-state index in [1.54, 1.807) is 6.07 Å². The fourth-order valence-corrected chi connectivity index (χ4v) is 0.848. The molecule has 0 fully saturated rings. The molecule has 1 heterocycles. The van der Waals surface area contributed by atoms with E-state index in [4.69, 9.17) is 29.4 Å². The second-order valence-corrected chi connectivity index (χ2v) is 2.36. The van der Waals surface area contributed by atoms with Gasteiger partial charge in [0.05, 0.1) is 10.2 Å². The highest BCUT2D eigenvalue weighted by Crippen LogP contribution is 2.14. The summed E-state index contributed by atoms with van der Waals surface area (Å²) in [5, 5.41) is 0. The number of nitrogens with one attached hydrogen (secondary N) is 1. The molecular formula is C5H8N4S. The number of aromatic amines is 1. The predicted octanol–water partition coefficient (Wildman–Crippen LogP) is 0.491. The number of aromatic nitrogens is 1. The molecule has 5 heteroatoms. The van der Waals surface area contributed by atoms with E-state index in [0.29, 0.717) is 21.8 Å². The van der Waals surface area contributed by atoms with E-state index in [2.05, 4.69) is 4.98 Å². The van der Waals surface area contributed by atoms with Crippen LogP contribution in [0, 0.1) is 4.51 Å². The van der Waals surface area contributed by atoms with Crippen LogP contribution in [0.5, 0.6) is 0 Å². The molecule has 54 valence electrons. The molecule has 7 N–H and O–H groups in total. The van der Waals surface area contributed by atoms with Gasteiger partial charge in [-0.1, -0.05) is 12.2 Å². The fourth-order valence-electron chi connectivity index (χ4n) is 0.611. The zero-order chi connectivity index (χ0) is 7.72. The van der Waals surface area contributed by atoms with Crippen LogP contribution in [0.1, 0.15) is 0 Å². The summed E-state index contributed by atoms with van der Waals surface area (Å²) in [6, 6.07) is 1.56. The molecule has 1 aromatic heterocycles. The largest absolute Gasteiger partial charge is 0.395 e. The summed E-state index contributed by atoms with van der Waals surface area (Å²) in [6.45, 7) is 0. The van der Waals surface area contributed by atoms with Crippen LogP contribution in [-0.2, 0) is 0 Å². The Hall–Kier alpha value is -1.23. The maximum Gasteiger partial charge on any atom is 0.127 e. The van der Waals surface area contributed by atoms with Crippen molar-refractivity contribution in [3.63, 3.8) is 0 Å². The average Bonchev–Trinajstić information content (AvgIpc) is 1.82. The van der Waals surface area contributed by atoms with Crippen LogP contribution in [0.15, 0.2) is 6.07 Å². The van der Waals surface area contributed by atoms with Gasteiger partial charge < -0.3 is 22.2 Å². The van der Waals surface area contributed by atoms with Crippen molar-refractivity contribution in [3.05, 3.63) is 10.6 Å². The summed E-state index contributed by atoms with van der Waals surface area (Å²) in [5.41, 5.74) is 16.6. The third kappa shape index (κ3) is 1.03. The average molecular weight is 156 g/mol. The van der Waals surface area contributed by atoms with Gasteiger partial charge in [-0.25, -0.2) is 0 Å². The standard InChI is InChI=1S/C5H8N4S/c6-3-1-2(10)4(7)5(8)9-3/h1H,7H2,(H5,6,8,9,10). The molecule has 0 saturated heterocycles. The lowest BCUT2D eigenvalue weighted by atomic mass is 10.4. The van der Waals surface area contributed by atoms with E-state index in [0.717, 1.165) is 0 Å². The number of anilines is 3. The second-order valence-electron chi connectivity index (χ2n) is 1.92. The summed E-state index contributed by atoms with van der Waals surface area (Å²) in [7, 11) is 0. The summed E-state index contributed by atoms with van der Waals surface area (Å²) in [5.74, 6) is 0.752. The molecule has 0 atom stereocenters. The monoisotopic (exact) mass is 156 g/mol. The lowest BCUT2D eigenvalue weighted by molar-refractivity contribution is 1.34. The van der Waals surface area contributed by atoms with Gasteiger partial charge in [-0.15, -0.1) is 0 Å². The van der Waals surface area contributed by atoms with Gasteiger partial charge in [-0.05, 0) is 6.07 Å². The number of rotatable bonds is 0. The summed E-state index contributed by atoms with van der Waals surface area (Å²) < 4.78 is 0.480. The number of hydrogen-bond donors (Lipinski definition) is 4. The Kier molecular flexibility index (Phi) is 1.50. The van der Waals surface area contributed by atoms with Gasteiger partial charge in [0.1, 0.15) is 11.6 Å². The number of nitrogens with two attached hydrogens (primary N) is 3. The van der Waals surface area contributed by atoms with Gasteiger partial charge in [0.15, 0.2) is 0 Å². The molecule has 10 heavy (non-hydrogen) atoms. The molecule has 1 rings (SSSR count). The van der Waals surface area contributed by atoms with Crippen molar-refractivity contribution in [2.24, 2.45) is 0 Å². The molecule has 1 aromatic rings. The first-order valence-corrected chi connectivity index (χ1v) is 3.06. The van der Waals surface area contributed by atoms with Crippen LogP contribution in [-0.4, -0.2) is 4.98 Å². The first-order valence-electron chi connectivity index (χ1n) is 2.65. The molecule has 0 aliphatic rings. The van der Waals surface area contributed by atoms with Crippen LogP contribution >= 0.6 is 12.2 Å². The highest BCUT2D eigenvalue weighted by Gasteiger charge is 1.95. The van der Waals surface area contributed by atoms with Crippen LogP contribution < -0.4 is 17.2 Å². The van der Waals surface area contributed by atoms with Gasteiger partial charge in [0.2, 0.25) is 0 Å². The van der Waals surface area contributed by atoms with Gasteiger partial charge in [-0.3, -0.25) is 0 Å². The summed E-state index contributed by atoms with van der Waals surface area (Å²) in [6.07, 6.45) is 0. The predicted molar refractivity (Wildman–Crippen MR) is 44.9 cm³/mol. The third-order valence-electron chi connectivity index (χ3n) is 1.12. The Labute approximate surface area is 63.0 Å². The van der Waals surface area contributed by atoms with Crippen molar-refractivity contribution in [1.29, 1.82) is 0 Å². The third-order valence-corrected chi connectivity index (χ3v) is 1.46. The van der Waals surface area contributed by atoms with E-state index >= 15 is 0 Å². The van der Waals surface area contributed by atoms with Crippen molar-refractivity contribution < 1.29 is 0 Å². The number of hydrogen-bond acceptors (Lipinski definition) is 4. The molecule has 0 spiro atoms. The number of nitrogen functional groups attached to an aromatic ring is 3. The molecule has 0 aromatic carbocycles. The van der Waals surface area contributed by atoms with Crippen LogP contribution in [0.2, 0.25) is 0 Å². The first-order chi connectivity index (χ1) is 4.61. The van der Waals surface area contributed by atoms with Crippen LogP contribution in [0.4, 0.5) is 17.3 Å². The molecule has 0 bridgehead atoms. The molecule has 0 saturated carbocycles. The van der Waals surface area contributed by atoms with Gasteiger partial charge in [-0.2, -0.15) is 0 Å². The molecule has 0 radical (unpaired) electrons. The summed E-state index contributed by atoms with van der Waals surface area (Å²) in [4.78, 5) is 2.64. The van der Waals surface area contributed by atoms with Crippen molar-refractivity contribution in [2.75, 3.05) is 17.2 Å². The second kappa shape index (κ2) is 2.18. The lowest BCUT2D eigenvalue weighted by Crippen LogP contribution is -2.01. The van der Waals surface area contributed by atoms with Gasteiger partial charge in [0.25, 0.3) is 0 Å². The number of pyridine rings is 1. The van der Waals surface area contributed by atoms with Crippen LogP contribution in [0.3, 0.4) is 0 Å². The molecule has 0 unspecified atom stereocenters. The zero-order valence-electron chi connectivity index (χ0n) is 5.22. The minimum absolute atomic E-state index is 0.324. The van der Waals surface area contributed by atoms with E-state index in [1.807, 2.05) is 0 Å². The van der Waals surface area contributed by atoms with Crippen molar-refractivity contribution in [3.8, 4) is 0 Å². The molecule has 0 aliphatic heterocycles. The topological polar surface area (TPSA) is 93.8 Å². The molecule has 4 nitrogen and oxygen atoms in total. The van der Waals surface area contributed by atoms with E-state index < -0.39 is 0 Å². The quantitative estimate of drug-likeness (QED) is 0.411. The maximum atomic E-state index is 5.43. The Balaban J connectivity index is 3.46. The normalized spacial score (nSPS) is 9.60. The highest BCUT2D eigenvalue weighted by molar-refractivity contribution is 7.71. The highest BCUT2D eigenvalue weighted by atomic mass is 32.1. The number of H-pyrrole nitrogens is 1. The van der Waals surface area contributed by atoms with E-state index in [9.17, 15) is 0 Å². The van der Waals surface area contributed by atoms with Gasteiger partial charge >= 0.3 is 0 Å².